The number of rotatable bonds is 7. The number of nitrogens with zero attached hydrogens (tertiary/aromatic N) is 2. The molecule has 0 aliphatic heterocycles. The van der Waals surface area contributed by atoms with Crippen LogP contribution in [0, 0.1) is 17.3 Å². The highest BCUT2D eigenvalue weighted by Gasteiger charge is 2.18. The minimum atomic E-state index is -1.03. The molecule has 7 heteroatoms. The lowest BCUT2D eigenvalue weighted by molar-refractivity contribution is -0.131. The van der Waals surface area contributed by atoms with Crippen LogP contribution < -0.4 is 4.74 Å². The van der Waals surface area contributed by atoms with Crippen molar-refractivity contribution in [3.8, 4) is 11.8 Å². The third-order valence-corrected chi connectivity index (χ3v) is 5.75. The zero-order valence-corrected chi connectivity index (χ0v) is 19.2. The third kappa shape index (κ3) is 4.82. The van der Waals surface area contributed by atoms with Crippen LogP contribution in [0.25, 0.3) is 28.1 Å². The van der Waals surface area contributed by atoms with Crippen LogP contribution in [0.15, 0.2) is 66.7 Å². The number of methoxy groups -OCH3 is 1. The molecule has 0 fully saturated rings. The predicted octanol–water partition coefficient (Wildman–Crippen LogP) is 6.05. The second kappa shape index (κ2) is 10.1. The van der Waals surface area contributed by atoms with E-state index in [9.17, 15) is 14.4 Å². The lowest BCUT2D eigenvalue weighted by atomic mass is 9.86. The first-order valence-electron chi connectivity index (χ1n) is 10.9. The average Bonchev–Trinajstić information content (AvgIpc) is 3.26. The molecule has 2 N–H and O–H groups in total. The van der Waals surface area contributed by atoms with Crippen molar-refractivity contribution < 1.29 is 19.0 Å². The van der Waals surface area contributed by atoms with Gasteiger partial charge in [-0.25, -0.2) is 4.79 Å². The highest BCUT2D eigenvalue weighted by Crippen LogP contribution is 2.37. The largest absolute Gasteiger partial charge is 0.497 e. The molecule has 6 nitrogen and oxygen atoms in total. The molecule has 0 radical (unpaired) electrons. The standard InChI is InChI=1S/C28H22FN3O3/c1-3-22(23-11-10-21(35-2)14-20(23)16-30)27(18-7-4-17(5-8-18)6-13-26(33)34)19-9-12-25-24(15-19)28(29)32-31-25/h4-15H,3H2,1-2H3,(H,31,32)(H,33,34)/b13-6+,27-22+. The number of carbonyl (C=O) groups is 1. The molecule has 1 aromatic heterocycles. The number of carboxylic acids is 1. The number of aromatic amines is 1. The lowest BCUT2D eigenvalue weighted by Crippen LogP contribution is -1.98. The molecule has 0 unspecified atom stereocenters. The van der Waals surface area contributed by atoms with Crippen LogP contribution in [0.5, 0.6) is 5.75 Å². The number of ether oxygens (including phenoxy) is 1. The molecule has 1 heterocycles. The normalized spacial score (nSPS) is 11.9. The van der Waals surface area contributed by atoms with Crippen molar-refractivity contribution in [3.05, 3.63) is 101 Å². The maximum Gasteiger partial charge on any atom is 0.328 e. The first kappa shape index (κ1) is 23.5. The highest BCUT2D eigenvalue weighted by molar-refractivity contribution is 6.01. The van der Waals surface area contributed by atoms with Gasteiger partial charge in [-0.05, 0) is 76.2 Å². The zero-order chi connectivity index (χ0) is 24.9. The van der Waals surface area contributed by atoms with Crippen LogP contribution in [0.2, 0.25) is 0 Å². The summed E-state index contributed by atoms with van der Waals surface area (Å²) in [5.41, 5.74) is 5.89. The summed E-state index contributed by atoms with van der Waals surface area (Å²) in [6.45, 7) is 2.00. The molecular formula is C28H22FN3O3. The van der Waals surface area contributed by atoms with Crippen molar-refractivity contribution in [1.82, 2.24) is 10.2 Å². The summed E-state index contributed by atoms with van der Waals surface area (Å²) in [5.74, 6) is -1.03. The van der Waals surface area contributed by atoms with Crippen LogP contribution >= 0.6 is 0 Å². The van der Waals surface area contributed by atoms with Crippen LogP contribution in [0.4, 0.5) is 4.39 Å². The molecule has 4 aromatic rings. The van der Waals surface area contributed by atoms with Crippen LogP contribution in [-0.4, -0.2) is 28.4 Å². The van der Waals surface area contributed by atoms with Crippen molar-refractivity contribution in [2.24, 2.45) is 0 Å². The van der Waals surface area contributed by atoms with Crippen molar-refractivity contribution in [2.45, 2.75) is 13.3 Å². The average molecular weight is 468 g/mol. The van der Waals surface area contributed by atoms with E-state index in [2.05, 4.69) is 16.3 Å². The molecule has 0 spiro atoms. The molecule has 0 amide bonds. The molecule has 0 bridgehead atoms. The Morgan fingerprint density at radius 3 is 2.54 bits per heavy atom. The van der Waals surface area contributed by atoms with Gasteiger partial charge in [-0.15, -0.1) is 5.10 Å². The second-order valence-corrected chi connectivity index (χ2v) is 7.80. The number of nitriles is 1. The van der Waals surface area contributed by atoms with Gasteiger partial charge in [-0.3, -0.25) is 5.10 Å². The quantitative estimate of drug-likeness (QED) is 0.255. The fourth-order valence-electron chi connectivity index (χ4n) is 4.09. The van der Waals surface area contributed by atoms with Gasteiger partial charge >= 0.3 is 5.97 Å². The maximum absolute atomic E-state index is 14.3. The van der Waals surface area contributed by atoms with Crippen molar-refractivity contribution in [2.75, 3.05) is 7.11 Å². The van der Waals surface area contributed by atoms with E-state index in [-0.39, 0.29) is 0 Å². The number of H-pyrrole nitrogens is 1. The van der Waals surface area contributed by atoms with Crippen molar-refractivity contribution >= 4 is 34.1 Å². The van der Waals surface area contributed by atoms with Gasteiger partial charge < -0.3 is 9.84 Å². The number of aromatic nitrogens is 2. The molecule has 0 saturated carbocycles. The Labute approximate surface area is 201 Å². The van der Waals surface area contributed by atoms with Crippen LogP contribution in [0.1, 0.15) is 41.2 Å². The van der Waals surface area contributed by atoms with E-state index in [0.717, 1.165) is 39.5 Å². The summed E-state index contributed by atoms with van der Waals surface area (Å²) in [6, 6.07) is 20.4. The number of hydrogen-bond donors (Lipinski definition) is 2. The summed E-state index contributed by atoms with van der Waals surface area (Å²) in [5, 5.41) is 25.5. The van der Waals surface area contributed by atoms with Gasteiger partial charge in [0, 0.05) is 6.08 Å². The number of fused-ring (bicyclic) bond motifs is 1. The number of halogens is 1. The van der Waals surface area contributed by atoms with Gasteiger partial charge in [0.1, 0.15) is 5.75 Å². The lowest BCUT2D eigenvalue weighted by Gasteiger charge is -2.18. The van der Waals surface area contributed by atoms with Crippen molar-refractivity contribution in [1.29, 1.82) is 5.26 Å². The smallest absolute Gasteiger partial charge is 0.328 e. The molecular weight excluding hydrogens is 445 g/mol. The van der Waals surface area contributed by atoms with Gasteiger partial charge in [0.25, 0.3) is 0 Å². The van der Waals surface area contributed by atoms with Crippen molar-refractivity contribution in [3.63, 3.8) is 0 Å². The van der Waals surface area contributed by atoms with Gasteiger partial charge in [0.15, 0.2) is 0 Å². The molecule has 0 aliphatic rings. The van der Waals surface area contributed by atoms with Gasteiger partial charge in [0.05, 0.1) is 29.6 Å². The highest BCUT2D eigenvalue weighted by atomic mass is 19.1. The number of nitrogens with one attached hydrogen (secondary N) is 1. The molecule has 174 valence electrons. The molecule has 0 atom stereocenters. The zero-order valence-electron chi connectivity index (χ0n) is 19.2. The number of allylic oxidation sites excluding steroid dienone is 1. The van der Waals surface area contributed by atoms with E-state index < -0.39 is 11.9 Å². The number of carboxylic acid groups (broad SMARTS) is 1. The fourth-order valence-corrected chi connectivity index (χ4v) is 4.09. The summed E-state index contributed by atoms with van der Waals surface area (Å²) in [7, 11) is 1.55. The Morgan fingerprint density at radius 1 is 1.14 bits per heavy atom. The summed E-state index contributed by atoms with van der Waals surface area (Å²) < 4.78 is 19.6. The maximum atomic E-state index is 14.3. The molecule has 0 aliphatic carbocycles. The van der Waals surface area contributed by atoms with E-state index in [4.69, 9.17) is 9.84 Å². The van der Waals surface area contributed by atoms with Crippen LogP contribution in [-0.2, 0) is 4.79 Å². The van der Waals surface area contributed by atoms with E-state index in [1.54, 1.807) is 25.3 Å². The van der Waals surface area contributed by atoms with Gasteiger partial charge in [0.2, 0.25) is 5.95 Å². The Morgan fingerprint density at radius 2 is 1.89 bits per heavy atom. The Kier molecular flexibility index (Phi) is 6.74. The summed E-state index contributed by atoms with van der Waals surface area (Å²) in [4.78, 5) is 10.9. The molecule has 0 saturated heterocycles. The fraction of sp³-hybridized carbons (Fsp3) is 0.107. The van der Waals surface area contributed by atoms with E-state index in [0.29, 0.717) is 28.6 Å². The van der Waals surface area contributed by atoms with E-state index in [1.807, 2.05) is 49.4 Å². The van der Waals surface area contributed by atoms with Gasteiger partial charge in [-0.1, -0.05) is 37.3 Å². The predicted molar refractivity (Wildman–Crippen MR) is 133 cm³/mol. The Hall–Kier alpha value is -4.70. The Bertz CT molecular complexity index is 1510. The molecule has 35 heavy (non-hydrogen) atoms. The number of hydrogen-bond acceptors (Lipinski definition) is 4. The first-order valence-corrected chi connectivity index (χ1v) is 10.9. The SMILES string of the molecule is CC/C(=C(/c1ccc(/C=C/C(=O)O)cc1)c1ccc2[nH]nc(F)c2c1)c1ccc(OC)cc1C#N. The van der Waals surface area contributed by atoms with Crippen LogP contribution in [0.3, 0.4) is 0 Å². The van der Waals surface area contributed by atoms with Gasteiger partial charge in [-0.2, -0.15) is 9.65 Å². The number of benzene rings is 3. The van der Waals surface area contributed by atoms with E-state index in [1.165, 1.54) is 6.08 Å². The number of aliphatic carboxylic acids is 1. The minimum absolute atomic E-state index is 0.367. The summed E-state index contributed by atoms with van der Waals surface area (Å²) >= 11 is 0. The second-order valence-electron chi connectivity index (χ2n) is 7.80. The third-order valence-electron chi connectivity index (χ3n) is 5.75. The Balaban J connectivity index is 1.98. The summed E-state index contributed by atoms with van der Waals surface area (Å²) in [6.07, 6.45) is 3.19. The topological polar surface area (TPSA) is 99.0 Å². The molecule has 4 rings (SSSR count). The monoisotopic (exact) mass is 467 g/mol. The molecule has 3 aromatic carbocycles. The minimum Gasteiger partial charge on any atom is -0.497 e. The first-order chi connectivity index (χ1) is 16.9. The van der Waals surface area contributed by atoms with E-state index >= 15 is 0 Å².